The third-order valence-electron chi connectivity index (χ3n) is 16.1. The molecule has 28 nitrogen and oxygen atoms in total. The van der Waals surface area contributed by atoms with Crippen molar-refractivity contribution in [2.24, 2.45) is 11.7 Å². The van der Waals surface area contributed by atoms with E-state index >= 15 is 14.4 Å². The number of benzene rings is 4. The van der Waals surface area contributed by atoms with Gasteiger partial charge in [-0.25, -0.2) is 0 Å². The lowest BCUT2D eigenvalue weighted by Gasteiger charge is -2.28. The summed E-state index contributed by atoms with van der Waals surface area (Å²) in [5.41, 5.74) is 10.1. The third-order valence-corrected chi connectivity index (χ3v) is 16.7. The number of thioether (sulfide) groups is 1. The average Bonchev–Trinajstić information content (AvgIpc) is 2.06. The Bertz CT molecular complexity index is 3890. The minimum atomic E-state index is -1.97. The van der Waals surface area contributed by atoms with Crippen molar-refractivity contribution in [2.75, 3.05) is 18.6 Å². The number of carbonyl (C=O) groups excluding carboxylic acids is 9. The summed E-state index contributed by atoms with van der Waals surface area (Å²) in [5.74, 6) is -11.5. The number of nitrogens with two attached hydrogens (primary N) is 1. The molecule has 11 atom stereocenters. The van der Waals surface area contributed by atoms with Gasteiger partial charge in [0, 0.05) is 77.0 Å². The molecule has 0 unspecified atom stereocenters. The fourth-order valence-corrected chi connectivity index (χ4v) is 11.3. The van der Waals surface area contributed by atoms with Crippen LogP contribution in [0.15, 0.2) is 122 Å². The quantitative estimate of drug-likeness (QED) is 0.0259. The number of carboxylic acids is 2. The highest BCUT2D eigenvalue weighted by molar-refractivity contribution is 7.98. The smallest absolute Gasteiger partial charge is 0.325 e. The van der Waals surface area contributed by atoms with Gasteiger partial charge < -0.3 is 89.0 Å². The first-order chi connectivity index (χ1) is 45.8. The maximum absolute atomic E-state index is 15.2. The molecule has 18 N–H and O–H groups in total. The molecule has 512 valence electrons. The lowest BCUT2D eigenvalue weighted by atomic mass is 9.98. The second-order valence-corrected chi connectivity index (χ2v) is 24.9. The second-order valence-electron chi connectivity index (χ2n) is 23.9. The van der Waals surface area contributed by atoms with Gasteiger partial charge in [0.15, 0.2) is 0 Å². The number of hydrogen-bond acceptors (Lipinski definition) is 15. The predicted molar refractivity (Wildman–Crippen MR) is 358 cm³/mol. The van der Waals surface area contributed by atoms with Crippen LogP contribution in [0.2, 0.25) is 0 Å². The zero-order chi connectivity index (χ0) is 69.8. The molecule has 29 heteroatoms. The number of H-pyrrole nitrogens is 3. The lowest BCUT2D eigenvalue weighted by Crippen LogP contribution is -2.61. The fraction of sp³-hybridized carbons (Fsp3) is 0.388. The van der Waals surface area contributed by atoms with Crippen molar-refractivity contribution >= 4 is 110 Å². The number of para-hydroxylation sites is 3. The summed E-state index contributed by atoms with van der Waals surface area (Å²) >= 11 is 1.32. The summed E-state index contributed by atoms with van der Waals surface area (Å²) in [6, 6.07) is 14.8. The van der Waals surface area contributed by atoms with Crippen LogP contribution in [0, 0.1) is 5.92 Å². The number of nitrogens with one attached hydrogen (secondary N) is 12. The summed E-state index contributed by atoms with van der Waals surface area (Å²) in [7, 11) is 0. The normalized spacial score (nSPS) is 14.8. The maximum Gasteiger partial charge on any atom is 0.325 e. The number of aliphatic hydroxyl groups excluding tert-OH is 2. The van der Waals surface area contributed by atoms with E-state index in [1.54, 1.807) is 105 Å². The van der Waals surface area contributed by atoms with Crippen LogP contribution in [0.3, 0.4) is 0 Å². The fourth-order valence-electron chi connectivity index (χ4n) is 10.8. The van der Waals surface area contributed by atoms with E-state index in [-0.39, 0.29) is 44.4 Å². The van der Waals surface area contributed by atoms with Crippen LogP contribution >= 0.6 is 11.8 Å². The van der Waals surface area contributed by atoms with E-state index < -0.39 is 145 Å². The van der Waals surface area contributed by atoms with Crippen molar-refractivity contribution in [3.8, 4) is 0 Å². The number of carboxylic acid groups (broad SMARTS) is 2. The van der Waals surface area contributed by atoms with Crippen LogP contribution in [-0.4, -0.2) is 186 Å². The number of amides is 9. The monoisotopic (exact) mass is 1340 g/mol. The molecule has 0 aliphatic carbocycles. The first-order valence-corrected chi connectivity index (χ1v) is 32.6. The van der Waals surface area contributed by atoms with Gasteiger partial charge in [0.25, 0.3) is 0 Å². The number of aromatic nitrogens is 3. The van der Waals surface area contributed by atoms with Gasteiger partial charge in [-0.2, -0.15) is 11.8 Å². The Kier molecular flexibility index (Phi) is 26.6. The highest BCUT2D eigenvalue weighted by atomic mass is 32.2. The van der Waals surface area contributed by atoms with Gasteiger partial charge in [0.1, 0.15) is 60.4 Å². The molecule has 4 aromatic carbocycles. The molecule has 0 saturated carbocycles. The van der Waals surface area contributed by atoms with E-state index in [1.165, 1.54) is 25.6 Å². The lowest BCUT2D eigenvalue weighted by molar-refractivity contribution is -0.142. The molecule has 0 fully saturated rings. The Balaban J connectivity index is 1.17. The highest BCUT2D eigenvalue weighted by Crippen LogP contribution is 2.23. The summed E-state index contributed by atoms with van der Waals surface area (Å²) in [6.45, 7) is 5.01. The van der Waals surface area contributed by atoms with Gasteiger partial charge in [-0.15, -0.1) is 0 Å². The Labute approximate surface area is 556 Å². The molecule has 0 bridgehead atoms. The predicted octanol–water partition coefficient (Wildman–Crippen LogP) is 0.843. The molecular formula is C67H83N13O15S. The maximum atomic E-state index is 15.2. The largest absolute Gasteiger partial charge is 0.481 e. The molecule has 96 heavy (non-hydrogen) atoms. The van der Waals surface area contributed by atoms with E-state index in [9.17, 15) is 58.8 Å². The Hall–Kier alpha value is -10.1. The van der Waals surface area contributed by atoms with Gasteiger partial charge >= 0.3 is 11.9 Å². The molecule has 0 saturated heterocycles. The van der Waals surface area contributed by atoms with Crippen molar-refractivity contribution in [1.29, 1.82) is 0 Å². The van der Waals surface area contributed by atoms with Crippen LogP contribution in [0.5, 0.6) is 0 Å². The van der Waals surface area contributed by atoms with Crippen molar-refractivity contribution in [2.45, 2.75) is 139 Å². The second kappa shape index (κ2) is 34.9. The van der Waals surface area contributed by atoms with Crippen molar-refractivity contribution < 1.29 is 73.2 Å². The molecule has 0 aliphatic rings. The molecule has 3 aromatic heterocycles. The van der Waals surface area contributed by atoms with Gasteiger partial charge in [-0.1, -0.05) is 98.8 Å². The molecule has 3 heterocycles. The zero-order valence-electron chi connectivity index (χ0n) is 53.6. The minimum absolute atomic E-state index is 0.0183. The van der Waals surface area contributed by atoms with Crippen molar-refractivity contribution in [3.63, 3.8) is 0 Å². The third kappa shape index (κ3) is 20.5. The van der Waals surface area contributed by atoms with E-state index in [0.29, 0.717) is 49.8 Å². The van der Waals surface area contributed by atoms with E-state index in [1.807, 2.05) is 36.4 Å². The molecule has 0 spiro atoms. The van der Waals surface area contributed by atoms with E-state index in [2.05, 4.69) is 62.8 Å². The van der Waals surface area contributed by atoms with Crippen LogP contribution in [0.4, 0.5) is 0 Å². The summed E-state index contributed by atoms with van der Waals surface area (Å²) < 4.78 is 0. The van der Waals surface area contributed by atoms with Crippen LogP contribution in [0.1, 0.15) is 69.2 Å². The number of rotatable bonds is 36. The van der Waals surface area contributed by atoms with Crippen LogP contribution < -0.4 is 53.6 Å². The van der Waals surface area contributed by atoms with Crippen molar-refractivity contribution in [1.82, 2.24) is 62.8 Å². The van der Waals surface area contributed by atoms with Gasteiger partial charge in [0.2, 0.25) is 53.2 Å². The summed E-state index contributed by atoms with van der Waals surface area (Å²) in [4.78, 5) is 163. The first kappa shape index (κ1) is 73.3. The molecule has 0 aliphatic heterocycles. The standard InChI is InChI=1S/C67H83N13O15S/c1-35(2)25-49(74-62(89)52(28-40-32-70-46-21-13-10-18-43(40)46)78-64(91)54(30-56(83)84)79-65(92)55(34-81)80-58(85)48(23-24-96-5)73-66(93)57(68)37(4)82)60(87)75-50(26-38-15-7-6-8-16-38)61(88)77-53(29-41-33-71-47-22-14-11-19-44(41)47)63(90)76-51(59(86)72-36(3)67(94)95)27-39-31-69-45-20-12-9-17-42(39)45/h6-22,31-33,35-37,48-55,57,69-71,81-82H,23-30,34,68H2,1-5H3,(H,72,86)(H,73,93)(H,74,89)(H,75,87)(H,76,90)(H,77,88)(H,78,91)(H,79,92)(H,80,85)(H,83,84)(H,94,95)/t36-,37+,48-,49-,50-,51-,52-,53-,54-,55-,57-/m0/s1. The number of aromatic amines is 3. The minimum Gasteiger partial charge on any atom is -0.481 e. The summed E-state index contributed by atoms with van der Waals surface area (Å²) in [5, 5.41) is 65.3. The van der Waals surface area contributed by atoms with Gasteiger partial charge in [-0.05, 0) is 85.1 Å². The SMILES string of the molecule is CSCC[C@H](NC(=O)[C@@H](N)[C@@H](C)O)C(=O)N[C@@H](CO)C(=O)N[C@@H](CC(=O)O)C(=O)N[C@@H](Cc1c[nH]c2ccccc12)C(=O)N[C@@H](CC(C)C)C(=O)N[C@@H](Cc1ccccc1)C(=O)N[C@@H](Cc1c[nH]c2ccccc12)C(=O)N[C@@H](Cc1c[nH]c2ccccc12)C(=O)N[C@@H](C)C(=O)O. The van der Waals surface area contributed by atoms with Gasteiger partial charge in [0.05, 0.1) is 19.1 Å². The zero-order valence-corrected chi connectivity index (χ0v) is 54.4. The molecule has 7 rings (SSSR count). The highest BCUT2D eigenvalue weighted by Gasteiger charge is 2.37. The molecule has 7 aromatic rings. The molecule has 9 amide bonds. The molecule has 0 radical (unpaired) electrons. The first-order valence-electron chi connectivity index (χ1n) is 31.2. The van der Waals surface area contributed by atoms with Crippen LogP contribution in [-0.2, 0) is 78.4 Å². The summed E-state index contributed by atoms with van der Waals surface area (Å²) in [6.07, 6.45) is 3.55. The van der Waals surface area contributed by atoms with E-state index in [4.69, 9.17) is 5.73 Å². The Morgan fingerprint density at radius 2 is 0.802 bits per heavy atom. The van der Waals surface area contributed by atoms with Gasteiger partial charge in [-0.3, -0.25) is 52.7 Å². The number of hydrogen-bond donors (Lipinski definition) is 17. The van der Waals surface area contributed by atoms with Crippen LogP contribution in [0.25, 0.3) is 32.7 Å². The molecular weight excluding hydrogens is 1260 g/mol. The number of aliphatic hydroxyl groups is 2. The Morgan fingerprint density at radius 3 is 1.22 bits per heavy atom. The topological polar surface area (TPSA) is 450 Å². The Morgan fingerprint density at radius 1 is 0.448 bits per heavy atom. The van der Waals surface area contributed by atoms with E-state index in [0.717, 1.165) is 10.9 Å². The number of carbonyl (C=O) groups is 11. The number of fused-ring (bicyclic) bond motifs is 3. The average molecular weight is 1340 g/mol. The number of aliphatic carboxylic acids is 2. The van der Waals surface area contributed by atoms with Crippen molar-refractivity contribution in [3.05, 3.63) is 144 Å².